The monoisotopic (exact) mass is 181 g/mol. The summed E-state index contributed by atoms with van der Waals surface area (Å²) >= 11 is 0. The van der Waals surface area contributed by atoms with Gasteiger partial charge in [0, 0.05) is 18.0 Å². The van der Waals surface area contributed by atoms with Gasteiger partial charge in [0.1, 0.15) is 0 Å². The lowest BCUT2D eigenvalue weighted by Crippen LogP contribution is -2.30. The maximum Gasteiger partial charge on any atom is 0.0955 e. The molecule has 5 heteroatoms. The van der Waals surface area contributed by atoms with Crippen molar-refractivity contribution in [2.75, 3.05) is 13.1 Å². The van der Waals surface area contributed by atoms with Gasteiger partial charge < -0.3 is 5.32 Å². The molecule has 5 nitrogen and oxygen atoms in total. The molecule has 0 heterocycles. The molecule has 0 aliphatic heterocycles. The van der Waals surface area contributed by atoms with E-state index in [9.17, 15) is 0 Å². The topological polar surface area (TPSA) is 84.6 Å². The number of nitrogens with zero attached hydrogens (tertiary/aromatic N) is 4. The smallest absolute Gasteiger partial charge is 0.0955 e. The van der Waals surface area contributed by atoms with E-state index >= 15 is 0 Å². The van der Waals surface area contributed by atoms with Crippen LogP contribution in [0.2, 0.25) is 0 Å². The lowest BCUT2D eigenvalue weighted by molar-refractivity contribution is 0.483. The minimum Gasteiger partial charge on any atom is -0.302 e. The number of nitriles is 1. The first kappa shape index (κ1) is 11.8. The third-order valence-electron chi connectivity index (χ3n) is 1.53. The van der Waals surface area contributed by atoms with Crippen LogP contribution in [0.3, 0.4) is 0 Å². The molecule has 0 saturated carbocycles. The Bertz CT molecular complexity index is 211. The Morgan fingerprint density at radius 3 is 2.77 bits per heavy atom. The second-order valence-electron chi connectivity index (χ2n) is 3.22. The third-order valence-corrected chi connectivity index (χ3v) is 1.53. The predicted octanol–water partition coefficient (Wildman–Crippen LogP) is 1.82. The minimum absolute atomic E-state index is 0.131. The quantitative estimate of drug-likeness (QED) is 0.293. The molecule has 13 heavy (non-hydrogen) atoms. The van der Waals surface area contributed by atoms with Crippen LogP contribution in [0.4, 0.5) is 0 Å². The molecule has 1 N–H and O–H groups in total. The summed E-state index contributed by atoms with van der Waals surface area (Å²) in [5, 5.41) is 15.1. The number of nitrogens with one attached hydrogen (secondary N) is 1. The highest BCUT2D eigenvalue weighted by Crippen LogP contribution is 2.03. The minimum atomic E-state index is -0.131. The summed E-state index contributed by atoms with van der Waals surface area (Å²) in [6.07, 6.45) is 0.826. The average Bonchev–Trinajstić information content (AvgIpc) is 2.09. The van der Waals surface area contributed by atoms with Crippen LogP contribution in [0.5, 0.6) is 0 Å². The lowest BCUT2D eigenvalue weighted by atomic mass is 10.1. The fraction of sp³-hybridized carbons (Fsp3) is 0.875. The molecule has 0 amide bonds. The summed E-state index contributed by atoms with van der Waals surface area (Å²) in [5.41, 5.74) is 8.00. The first-order chi connectivity index (χ1) is 6.20. The SMILES string of the molecule is CC(C)CC(C#N)NCCN=[N+]=[N-]. The Morgan fingerprint density at radius 1 is 1.62 bits per heavy atom. The molecule has 0 saturated heterocycles. The summed E-state index contributed by atoms with van der Waals surface area (Å²) in [6.45, 7) is 5.10. The van der Waals surface area contributed by atoms with Crippen LogP contribution >= 0.6 is 0 Å². The highest BCUT2D eigenvalue weighted by atomic mass is 15.1. The van der Waals surface area contributed by atoms with Crippen molar-refractivity contribution in [3.63, 3.8) is 0 Å². The predicted molar refractivity (Wildman–Crippen MR) is 50.9 cm³/mol. The zero-order chi connectivity index (χ0) is 10.1. The molecule has 0 radical (unpaired) electrons. The van der Waals surface area contributed by atoms with Crippen molar-refractivity contribution in [1.82, 2.24) is 5.32 Å². The molecule has 0 rings (SSSR count). The second-order valence-corrected chi connectivity index (χ2v) is 3.22. The Labute approximate surface area is 78.4 Å². The maximum atomic E-state index is 8.72. The van der Waals surface area contributed by atoms with Gasteiger partial charge in [-0.25, -0.2) is 0 Å². The van der Waals surface area contributed by atoms with Crippen LogP contribution in [-0.4, -0.2) is 19.1 Å². The first-order valence-corrected chi connectivity index (χ1v) is 4.34. The summed E-state index contributed by atoms with van der Waals surface area (Å²) in [7, 11) is 0. The molecule has 0 aromatic rings. The van der Waals surface area contributed by atoms with Gasteiger partial charge >= 0.3 is 0 Å². The van der Waals surface area contributed by atoms with Gasteiger partial charge in [0.2, 0.25) is 0 Å². The van der Waals surface area contributed by atoms with Crippen molar-refractivity contribution < 1.29 is 0 Å². The van der Waals surface area contributed by atoms with E-state index < -0.39 is 0 Å². The van der Waals surface area contributed by atoms with E-state index in [1.165, 1.54) is 0 Å². The van der Waals surface area contributed by atoms with Crippen LogP contribution in [0.25, 0.3) is 10.4 Å². The fourth-order valence-electron chi connectivity index (χ4n) is 0.987. The van der Waals surface area contributed by atoms with Gasteiger partial charge in [0.15, 0.2) is 0 Å². The van der Waals surface area contributed by atoms with Gasteiger partial charge in [-0.05, 0) is 17.9 Å². The molecule has 0 aliphatic carbocycles. The fourth-order valence-corrected chi connectivity index (χ4v) is 0.987. The zero-order valence-electron chi connectivity index (χ0n) is 8.06. The van der Waals surface area contributed by atoms with E-state index in [1.54, 1.807) is 0 Å². The first-order valence-electron chi connectivity index (χ1n) is 4.34. The number of azide groups is 1. The molecule has 0 aliphatic rings. The highest BCUT2D eigenvalue weighted by molar-refractivity contribution is 4.90. The molecule has 72 valence electrons. The van der Waals surface area contributed by atoms with E-state index in [4.69, 9.17) is 10.8 Å². The van der Waals surface area contributed by atoms with Crippen molar-refractivity contribution >= 4 is 0 Å². The van der Waals surface area contributed by atoms with Crippen molar-refractivity contribution in [2.45, 2.75) is 26.3 Å². The van der Waals surface area contributed by atoms with E-state index in [0.717, 1.165) is 6.42 Å². The second kappa shape index (κ2) is 7.41. The number of hydrogen-bond donors (Lipinski definition) is 1. The molecule has 1 atom stereocenters. The van der Waals surface area contributed by atoms with Gasteiger partial charge in [0.05, 0.1) is 12.1 Å². The summed E-state index contributed by atoms with van der Waals surface area (Å²) < 4.78 is 0. The van der Waals surface area contributed by atoms with Gasteiger partial charge in [-0.3, -0.25) is 0 Å². The Kier molecular flexibility index (Phi) is 6.70. The molecule has 0 fully saturated rings. The largest absolute Gasteiger partial charge is 0.302 e. The van der Waals surface area contributed by atoms with E-state index in [1.807, 2.05) is 0 Å². The Balaban J connectivity index is 3.61. The average molecular weight is 181 g/mol. The number of rotatable bonds is 6. The zero-order valence-corrected chi connectivity index (χ0v) is 8.06. The molecular formula is C8H15N5. The highest BCUT2D eigenvalue weighted by Gasteiger charge is 2.07. The van der Waals surface area contributed by atoms with Crippen LogP contribution in [0.15, 0.2) is 5.11 Å². The van der Waals surface area contributed by atoms with E-state index in [0.29, 0.717) is 19.0 Å². The molecule has 1 unspecified atom stereocenters. The van der Waals surface area contributed by atoms with E-state index in [2.05, 4.69) is 35.3 Å². The molecule has 0 aromatic heterocycles. The number of hydrogen-bond acceptors (Lipinski definition) is 3. The van der Waals surface area contributed by atoms with Gasteiger partial charge in [0.25, 0.3) is 0 Å². The maximum absolute atomic E-state index is 8.72. The van der Waals surface area contributed by atoms with Crippen LogP contribution in [-0.2, 0) is 0 Å². The van der Waals surface area contributed by atoms with Crippen molar-refractivity contribution in [3.8, 4) is 6.07 Å². The van der Waals surface area contributed by atoms with Crippen molar-refractivity contribution in [2.24, 2.45) is 11.0 Å². The normalized spacial score (nSPS) is 11.8. The molecule has 0 bridgehead atoms. The van der Waals surface area contributed by atoms with Gasteiger partial charge in [-0.15, -0.1) is 0 Å². The Hall–Kier alpha value is -1.24. The van der Waals surface area contributed by atoms with Crippen LogP contribution < -0.4 is 5.32 Å². The molecule has 0 aromatic carbocycles. The van der Waals surface area contributed by atoms with Crippen LogP contribution in [0.1, 0.15) is 20.3 Å². The molecular weight excluding hydrogens is 166 g/mol. The van der Waals surface area contributed by atoms with Crippen molar-refractivity contribution in [1.29, 1.82) is 5.26 Å². The van der Waals surface area contributed by atoms with Gasteiger partial charge in [-0.2, -0.15) is 5.26 Å². The third kappa shape index (κ3) is 7.13. The molecule has 0 spiro atoms. The summed E-state index contributed by atoms with van der Waals surface area (Å²) in [4.78, 5) is 2.62. The van der Waals surface area contributed by atoms with E-state index in [-0.39, 0.29) is 6.04 Å². The Morgan fingerprint density at radius 2 is 2.31 bits per heavy atom. The summed E-state index contributed by atoms with van der Waals surface area (Å²) in [5.74, 6) is 0.497. The summed E-state index contributed by atoms with van der Waals surface area (Å²) in [6, 6.07) is 2.03. The van der Waals surface area contributed by atoms with Crippen LogP contribution in [0, 0.1) is 17.2 Å². The van der Waals surface area contributed by atoms with Gasteiger partial charge in [-0.1, -0.05) is 19.0 Å². The lowest BCUT2D eigenvalue weighted by Gasteiger charge is -2.12. The standard InChI is InChI=1S/C8H15N5/c1-7(2)5-8(6-9)11-3-4-12-13-10/h7-8,11H,3-5H2,1-2H3. The van der Waals surface area contributed by atoms with Crippen molar-refractivity contribution in [3.05, 3.63) is 10.4 Å².